The molecule has 1 aromatic carbocycles. The van der Waals surface area contributed by atoms with Crippen LogP contribution in [0.3, 0.4) is 0 Å². The fourth-order valence-electron chi connectivity index (χ4n) is 4.18. The third kappa shape index (κ3) is 5.39. The molecule has 3 rings (SSSR count). The smallest absolute Gasteiger partial charge is 0.243 e. The van der Waals surface area contributed by atoms with E-state index in [9.17, 15) is 18.0 Å². The molecule has 1 atom stereocenters. The lowest BCUT2D eigenvalue weighted by Crippen LogP contribution is -2.53. The summed E-state index contributed by atoms with van der Waals surface area (Å²) in [6, 6.07) is 7.69. The highest BCUT2D eigenvalue weighted by atomic mass is 32.2. The van der Waals surface area contributed by atoms with E-state index in [1.807, 2.05) is 6.92 Å². The summed E-state index contributed by atoms with van der Waals surface area (Å²) in [6.45, 7) is 5.64. The van der Waals surface area contributed by atoms with Gasteiger partial charge in [-0.1, -0.05) is 24.6 Å². The van der Waals surface area contributed by atoms with Crippen molar-refractivity contribution in [3.05, 3.63) is 30.3 Å². The van der Waals surface area contributed by atoms with E-state index < -0.39 is 16.1 Å². The first-order valence-corrected chi connectivity index (χ1v) is 12.2. The Balaban J connectivity index is 1.69. The van der Waals surface area contributed by atoms with Gasteiger partial charge in [0.2, 0.25) is 21.8 Å². The number of hydrogen-bond donors (Lipinski definition) is 1. The van der Waals surface area contributed by atoms with E-state index in [0.717, 1.165) is 25.8 Å². The van der Waals surface area contributed by atoms with E-state index in [1.54, 1.807) is 35.2 Å². The molecule has 1 aromatic rings. The fraction of sp³-hybridized carbons (Fsp3) is 0.619. The van der Waals surface area contributed by atoms with Crippen molar-refractivity contribution < 1.29 is 18.0 Å². The van der Waals surface area contributed by atoms with E-state index in [1.165, 1.54) is 4.31 Å². The van der Waals surface area contributed by atoms with Crippen LogP contribution in [0.25, 0.3) is 0 Å². The van der Waals surface area contributed by atoms with Crippen LogP contribution in [0.5, 0.6) is 0 Å². The third-order valence-electron chi connectivity index (χ3n) is 5.73. The number of carbonyl (C=O) groups is 2. The van der Waals surface area contributed by atoms with E-state index >= 15 is 0 Å². The summed E-state index contributed by atoms with van der Waals surface area (Å²) in [4.78, 5) is 29.3. The molecule has 2 aliphatic rings. The van der Waals surface area contributed by atoms with Crippen molar-refractivity contribution in [1.29, 1.82) is 0 Å². The summed E-state index contributed by atoms with van der Waals surface area (Å²) in [5.41, 5.74) is 0. The van der Waals surface area contributed by atoms with Crippen molar-refractivity contribution in [1.82, 2.24) is 19.4 Å². The van der Waals surface area contributed by atoms with Gasteiger partial charge < -0.3 is 10.2 Å². The fourth-order valence-corrected chi connectivity index (χ4v) is 5.86. The van der Waals surface area contributed by atoms with Gasteiger partial charge in [-0.2, -0.15) is 4.31 Å². The Bertz CT molecular complexity index is 831. The quantitative estimate of drug-likeness (QED) is 0.716. The second-order valence-corrected chi connectivity index (χ2v) is 9.74. The van der Waals surface area contributed by atoms with Crippen molar-refractivity contribution in [2.75, 3.05) is 45.8 Å². The van der Waals surface area contributed by atoms with Crippen molar-refractivity contribution in [3.63, 3.8) is 0 Å². The molecule has 2 fully saturated rings. The molecule has 0 spiro atoms. The molecule has 2 amide bonds. The molecular weight excluding hydrogens is 404 g/mol. The van der Waals surface area contributed by atoms with Gasteiger partial charge in [-0.3, -0.25) is 14.5 Å². The number of piperidine rings is 1. The lowest BCUT2D eigenvalue weighted by Gasteiger charge is -2.36. The molecule has 0 aromatic heterocycles. The molecule has 9 heteroatoms. The lowest BCUT2D eigenvalue weighted by molar-refractivity contribution is -0.136. The molecule has 0 bridgehead atoms. The highest BCUT2D eigenvalue weighted by Crippen LogP contribution is 2.27. The van der Waals surface area contributed by atoms with E-state index in [-0.39, 0.29) is 16.7 Å². The summed E-state index contributed by atoms with van der Waals surface area (Å²) >= 11 is 0. The summed E-state index contributed by atoms with van der Waals surface area (Å²) in [5.74, 6) is -0.126. The molecule has 1 N–H and O–H groups in total. The average molecular weight is 437 g/mol. The summed E-state index contributed by atoms with van der Waals surface area (Å²) < 4.78 is 27.8. The molecular formula is C21H32N4O4S. The predicted octanol–water partition coefficient (Wildman–Crippen LogP) is 0.900. The van der Waals surface area contributed by atoms with Crippen molar-refractivity contribution >= 4 is 21.8 Å². The number of nitrogens with zero attached hydrogens (tertiary/aromatic N) is 3. The topological polar surface area (TPSA) is 90.0 Å². The number of benzene rings is 1. The summed E-state index contributed by atoms with van der Waals surface area (Å²) in [5, 5.41) is 2.80. The number of sulfonamides is 1. The normalized spacial score (nSPS) is 21.8. The van der Waals surface area contributed by atoms with Gasteiger partial charge in [0, 0.05) is 39.3 Å². The maximum atomic E-state index is 13.3. The van der Waals surface area contributed by atoms with Crippen LogP contribution in [0, 0.1) is 0 Å². The summed E-state index contributed by atoms with van der Waals surface area (Å²) in [6.07, 6.45) is 2.91. The van der Waals surface area contributed by atoms with Crippen LogP contribution in [-0.4, -0.2) is 86.2 Å². The number of likely N-dealkylation sites (N-methyl/N-ethyl adjacent to an activating group) is 1. The molecule has 1 unspecified atom stereocenters. The SMILES string of the molecule is CCNC(=O)CN1CCCN(C(=O)C2CCCCN2S(=O)(=O)c2ccccc2)CC1. The van der Waals surface area contributed by atoms with Crippen LogP contribution >= 0.6 is 0 Å². The molecule has 30 heavy (non-hydrogen) atoms. The molecule has 2 aliphatic heterocycles. The molecule has 8 nitrogen and oxygen atoms in total. The number of hydrogen-bond acceptors (Lipinski definition) is 5. The Morgan fingerprint density at radius 3 is 2.50 bits per heavy atom. The second-order valence-electron chi connectivity index (χ2n) is 7.85. The van der Waals surface area contributed by atoms with Crippen LogP contribution in [-0.2, 0) is 19.6 Å². The number of rotatable bonds is 6. The molecule has 2 saturated heterocycles. The molecule has 166 valence electrons. The minimum absolute atomic E-state index is 0.00955. The number of nitrogens with one attached hydrogen (secondary N) is 1. The van der Waals surface area contributed by atoms with Crippen LogP contribution in [0.1, 0.15) is 32.6 Å². The van der Waals surface area contributed by atoms with E-state index in [0.29, 0.717) is 45.7 Å². The first-order valence-electron chi connectivity index (χ1n) is 10.8. The van der Waals surface area contributed by atoms with Crippen LogP contribution in [0.2, 0.25) is 0 Å². The Hall–Kier alpha value is -1.97. The van der Waals surface area contributed by atoms with Crippen LogP contribution in [0.15, 0.2) is 35.2 Å². The van der Waals surface area contributed by atoms with Gasteiger partial charge in [-0.25, -0.2) is 8.42 Å². The van der Waals surface area contributed by atoms with Gasteiger partial charge in [-0.05, 0) is 38.3 Å². The van der Waals surface area contributed by atoms with Crippen molar-refractivity contribution in [2.45, 2.75) is 43.5 Å². The van der Waals surface area contributed by atoms with E-state index in [4.69, 9.17) is 0 Å². The highest BCUT2D eigenvalue weighted by molar-refractivity contribution is 7.89. The first-order chi connectivity index (χ1) is 14.4. The van der Waals surface area contributed by atoms with Gasteiger partial charge in [0.05, 0.1) is 11.4 Å². The monoisotopic (exact) mass is 436 g/mol. The van der Waals surface area contributed by atoms with Gasteiger partial charge in [-0.15, -0.1) is 0 Å². The minimum Gasteiger partial charge on any atom is -0.355 e. The average Bonchev–Trinajstić information content (AvgIpc) is 2.99. The largest absolute Gasteiger partial charge is 0.355 e. The second kappa shape index (κ2) is 10.4. The van der Waals surface area contributed by atoms with Gasteiger partial charge in [0.25, 0.3) is 0 Å². The lowest BCUT2D eigenvalue weighted by atomic mass is 10.0. The first kappa shape index (κ1) is 22.7. The maximum Gasteiger partial charge on any atom is 0.243 e. The van der Waals surface area contributed by atoms with E-state index in [2.05, 4.69) is 10.2 Å². The summed E-state index contributed by atoms with van der Waals surface area (Å²) in [7, 11) is -3.71. The number of carbonyl (C=O) groups excluding carboxylic acids is 2. The Morgan fingerprint density at radius 1 is 1.00 bits per heavy atom. The zero-order valence-electron chi connectivity index (χ0n) is 17.6. The minimum atomic E-state index is -3.71. The zero-order chi connectivity index (χ0) is 21.6. The number of amides is 2. The zero-order valence-corrected chi connectivity index (χ0v) is 18.4. The Labute approximate surface area is 179 Å². The molecule has 0 saturated carbocycles. The molecule has 0 aliphatic carbocycles. The standard InChI is InChI=1S/C21H32N4O4S/c1-2-22-20(26)17-23-12-8-13-24(16-15-23)21(27)19-11-6-7-14-25(19)30(28,29)18-9-4-3-5-10-18/h3-5,9-10,19H,2,6-8,11-17H2,1H3,(H,22,26). The molecule has 0 radical (unpaired) electrons. The van der Waals surface area contributed by atoms with Crippen molar-refractivity contribution in [2.24, 2.45) is 0 Å². The third-order valence-corrected chi connectivity index (χ3v) is 7.65. The van der Waals surface area contributed by atoms with Gasteiger partial charge in [0.1, 0.15) is 6.04 Å². The van der Waals surface area contributed by atoms with Gasteiger partial charge in [0.15, 0.2) is 0 Å². The maximum absolute atomic E-state index is 13.3. The van der Waals surface area contributed by atoms with Crippen molar-refractivity contribution in [3.8, 4) is 0 Å². The van der Waals surface area contributed by atoms with Crippen LogP contribution in [0.4, 0.5) is 0 Å². The molecule has 2 heterocycles. The Kier molecular flexibility index (Phi) is 7.85. The Morgan fingerprint density at radius 2 is 1.77 bits per heavy atom. The van der Waals surface area contributed by atoms with Crippen LogP contribution < -0.4 is 5.32 Å². The predicted molar refractivity (Wildman–Crippen MR) is 114 cm³/mol. The highest BCUT2D eigenvalue weighted by Gasteiger charge is 2.39. The van der Waals surface area contributed by atoms with Gasteiger partial charge >= 0.3 is 0 Å².